The van der Waals surface area contributed by atoms with E-state index in [0.29, 0.717) is 0 Å². The second-order valence-electron chi connectivity index (χ2n) is 4.00. The summed E-state index contributed by atoms with van der Waals surface area (Å²) < 4.78 is 31.8. The highest BCUT2D eigenvalue weighted by atomic mass is 19.1. The van der Waals surface area contributed by atoms with Gasteiger partial charge in [0.2, 0.25) is 0 Å². The van der Waals surface area contributed by atoms with E-state index in [9.17, 15) is 13.6 Å². The first-order chi connectivity index (χ1) is 8.99. The van der Waals surface area contributed by atoms with Gasteiger partial charge in [0, 0.05) is 6.07 Å². The molecule has 4 nitrogen and oxygen atoms in total. The average Bonchev–Trinajstić information content (AvgIpc) is 2.80. The molecule has 0 aliphatic heterocycles. The lowest BCUT2D eigenvalue weighted by atomic mass is 10.2. The van der Waals surface area contributed by atoms with Crippen molar-refractivity contribution in [2.24, 2.45) is 0 Å². The van der Waals surface area contributed by atoms with E-state index in [1.54, 1.807) is 0 Å². The highest BCUT2D eigenvalue weighted by molar-refractivity contribution is 5.88. The third-order valence-corrected chi connectivity index (χ3v) is 2.66. The Morgan fingerprint density at radius 2 is 2.11 bits per heavy atom. The summed E-state index contributed by atoms with van der Waals surface area (Å²) in [5, 5.41) is 11.5. The number of halogens is 2. The largest absolute Gasteiger partial charge is 0.478 e. The van der Waals surface area contributed by atoms with Crippen LogP contribution in [0.15, 0.2) is 28.9 Å². The number of anilines is 1. The van der Waals surface area contributed by atoms with E-state index >= 15 is 0 Å². The molecule has 1 heterocycles. The van der Waals surface area contributed by atoms with Crippen LogP contribution in [0.25, 0.3) is 0 Å². The number of aromatic carboxylic acids is 1. The molecule has 0 saturated heterocycles. The molecule has 2 rings (SSSR count). The molecule has 2 N–H and O–H groups in total. The van der Waals surface area contributed by atoms with E-state index in [1.165, 1.54) is 19.3 Å². The van der Waals surface area contributed by atoms with Crippen LogP contribution in [0.5, 0.6) is 0 Å². The first-order valence-electron chi connectivity index (χ1n) is 5.48. The van der Waals surface area contributed by atoms with Gasteiger partial charge in [0.1, 0.15) is 23.0 Å². The number of furan rings is 1. The van der Waals surface area contributed by atoms with Gasteiger partial charge in [0.05, 0.1) is 18.5 Å². The van der Waals surface area contributed by atoms with Crippen molar-refractivity contribution >= 4 is 11.7 Å². The smallest absolute Gasteiger partial charge is 0.339 e. The quantitative estimate of drug-likeness (QED) is 0.893. The van der Waals surface area contributed by atoms with Crippen LogP contribution in [-0.4, -0.2) is 11.1 Å². The van der Waals surface area contributed by atoms with Gasteiger partial charge >= 0.3 is 5.97 Å². The van der Waals surface area contributed by atoms with Crippen LogP contribution in [0.2, 0.25) is 0 Å². The van der Waals surface area contributed by atoms with Gasteiger partial charge in [-0.25, -0.2) is 13.6 Å². The van der Waals surface area contributed by atoms with Crippen molar-refractivity contribution in [2.75, 3.05) is 5.32 Å². The van der Waals surface area contributed by atoms with Crippen molar-refractivity contribution in [3.8, 4) is 0 Å². The molecule has 0 fully saturated rings. The Kier molecular flexibility index (Phi) is 3.50. The molecular weight excluding hydrogens is 256 g/mol. The summed E-state index contributed by atoms with van der Waals surface area (Å²) in [4.78, 5) is 10.8. The highest BCUT2D eigenvalue weighted by Crippen LogP contribution is 2.20. The Morgan fingerprint density at radius 3 is 2.79 bits per heavy atom. The maximum atomic E-state index is 13.5. The van der Waals surface area contributed by atoms with Gasteiger partial charge in [-0.05, 0) is 24.6 Å². The van der Waals surface area contributed by atoms with E-state index in [1.807, 2.05) is 0 Å². The van der Waals surface area contributed by atoms with Gasteiger partial charge in [0.15, 0.2) is 0 Å². The zero-order valence-electron chi connectivity index (χ0n) is 10.0. The maximum Gasteiger partial charge on any atom is 0.339 e. The Morgan fingerprint density at radius 1 is 1.37 bits per heavy atom. The number of carboxylic acids is 1. The maximum absolute atomic E-state index is 13.5. The van der Waals surface area contributed by atoms with Crippen molar-refractivity contribution < 1.29 is 23.1 Å². The molecule has 0 amide bonds. The summed E-state index contributed by atoms with van der Waals surface area (Å²) in [6.07, 6.45) is 1.23. The molecule has 1 aromatic heterocycles. The molecule has 0 spiro atoms. The summed E-state index contributed by atoms with van der Waals surface area (Å²) in [5.74, 6) is -2.14. The van der Waals surface area contributed by atoms with Crippen LogP contribution < -0.4 is 5.32 Å². The van der Waals surface area contributed by atoms with Crippen LogP contribution in [0.4, 0.5) is 14.5 Å². The molecule has 6 heteroatoms. The summed E-state index contributed by atoms with van der Waals surface area (Å²) >= 11 is 0. The third kappa shape index (κ3) is 2.73. The third-order valence-electron chi connectivity index (χ3n) is 2.66. The van der Waals surface area contributed by atoms with Crippen molar-refractivity contribution in [3.63, 3.8) is 0 Å². The van der Waals surface area contributed by atoms with Gasteiger partial charge in [-0.2, -0.15) is 0 Å². The second kappa shape index (κ2) is 5.09. The standard InChI is InChI=1S/C13H11F2NO3/c1-7-4-10(15)11(5-9(7)14)16-6-12-8(13(17)18)2-3-19-12/h2-5,16H,6H2,1H3,(H,17,18). The highest BCUT2D eigenvalue weighted by Gasteiger charge is 2.14. The monoisotopic (exact) mass is 267 g/mol. The molecule has 1 aromatic carbocycles. The van der Waals surface area contributed by atoms with Crippen molar-refractivity contribution in [1.29, 1.82) is 0 Å². The molecule has 0 unspecified atom stereocenters. The molecule has 0 saturated carbocycles. The lowest BCUT2D eigenvalue weighted by Gasteiger charge is -2.08. The summed E-state index contributed by atoms with van der Waals surface area (Å²) in [7, 11) is 0. The number of carboxylic acid groups (broad SMARTS) is 1. The first-order valence-corrected chi connectivity index (χ1v) is 5.48. The second-order valence-corrected chi connectivity index (χ2v) is 4.00. The van der Waals surface area contributed by atoms with Gasteiger partial charge < -0.3 is 14.8 Å². The Labute approximate surface area is 107 Å². The topological polar surface area (TPSA) is 62.5 Å². The molecular formula is C13H11F2NO3. The van der Waals surface area contributed by atoms with E-state index in [4.69, 9.17) is 9.52 Å². The number of benzene rings is 1. The Hall–Kier alpha value is -2.37. The molecule has 100 valence electrons. The minimum atomic E-state index is -1.14. The lowest BCUT2D eigenvalue weighted by molar-refractivity contribution is 0.0694. The van der Waals surface area contributed by atoms with Crippen LogP contribution in [0, 0.1) is 18.6 Å². The molecule has 0 bridgehead atoms. The fraction of sp³-hybridized carbons (Fsp3) is 0.154. The van der Waals surface area contributed by atoms with E-state index in [-0.39, 0.29) is 29.1 Å². The predicted molar refractivity (Wildman–Crippen MR) is 64.1 cm³/mol. The van der Waals surface area contributed by atoms with E-state index < -0.39 is 17.6 Å². The van der Waals surface area contributed by atoms with E-state index in [2.05, 4.69) is 5.32 Å². The minimum absolute atomic E-state index is 0.0134. The van der Waals surface area contributed by atoms with Crippen LogP contribution in [0.3, 0.4) is 0 Å². The van der Waals surface area contributed by atoms with E-state index in [0.717, 1.165) is 12.1 Å². The number of aryl methyl sites for hydroxylation is 1. The number of nitrogens with one attached hydrogen (secondary N) is 1. The summed E-state index contributed by atoms with van der Waals surface area (Å²) in [6.45, 7) is 1.41. The number of rotatable bonds is 4. The number of carbonyl (C=O) groups is 1. The van der Waals surface area contributed by atoms with Gasteiger partial charge in [-0.1, -0.05) is 0 Å². The fourth-order valence-electron chi connectivity index (χ4n) is 1.63. The normalized spacial score (nSPS) is 10.5. The van der Waals surface area contributed by atoms with Gasteiger partial charge in [-0.3, -0.25) is 0 Å². The molecule has 0 radical (unpaired) electrons. The van der Waals surface area contributed by atoms with Crippen molar-refractivity contribution in [2.45, 2.75) is 13.5 Å². The average molecular weight is 267 g/mol. The number of hydrogen-bond acceptors (Lipinski definition) is 3. The summed E-state index contributed by atoms with van der Waals surface area (Å²) in [6, 6.07) is 3.39. The van der Waals surface area contributed by atoms with Crippen LogP contribution in [-0.2, 0) is 6.54 Å². The molecule has 0 aliphatic rings. The van der Waals surface area contributed by atoms with Gasteiger partial charge in [-0.15, -0.1) is 0 Å². The van der Waals surface area contributed by atoms with Crippen molar-refractivity contribution in [3.05, 3.63) is 53.0 Å². The van der Waals surface area contributed by atoms with Crippen molar-refractivity contribution in [1.82, 2.24) is 0 Å². The number of hydrogen-bond donors (Lipinski definition) is 2. The fourth-order valence-corrected chi connectivity index (χ4v) is 1.63. The SMILES string of the molecule is Cc1cc(F)c(NCc2occc2C(=O)O)cc1F. The molecule has 2 aromatic rings. The van der Waals surface area contributed by atoms with Crippen LogP contribution in [0.1, 0.15) is 21.7 Å². The van der Waals surface area contributed by atoms with Gasteiger partial charge in [0.25, 0.3) is 0 Å². The first kappa shape index (κ1) is 13.1. The van der Waals surface area contributed by atoms with Crippen LogP contribution >= 0.6 is 0 Å². The molecule has 19 heavy (non-hydrogen) atoms. The summed E-state index contributed by atoms with van der Waals surface area (Å²) in [5.41, 5.74) is 0.142. The minimum Gasteiger partial charge on any atom is -0.478 e. The molecule has 0 aliphatic carbocycles. The zero-order valence-corrected chi connectivity index (χ0v) is 10.0. The molecule has 0 atom stereocenters. The lowest BCUT2D eigenvalue weighted by Crippen LogP contribution is -2.06. The zero-order chi connectivity index (χ0) is 14.0. The Bertz CT molecular complexity index is 622. The Balaban J connectivity index is 2.17. The predicted octanol–water partition coefficient (Wildman–Crippen LogP) is 3.18.